The van der Waals surface area contributed by atoms with Gasteiger partial charge in [-0.1, -0.05) is 12.1 Å². The molecule has 1 aliphatic rings. The summed E-state index contributed by atoms with van der Waals surface area (Å²) in [6.07, 6.45) is -1.10. The smallest absolute Gasteiger partial charge is 0.348 e. The molecule has 0 aliphatic carbocycles. The van der Waals surface area contributed by atoms with E-state index in [1.807, 2.05) is 0 Å². The standard InChI is InChI=1S/C17H19NO7/c1-4-23-16(19)13-10(3)25-15(17(20)24-5-2)14(13)11-7-6-8-12(9-11)18(21)22/h6-9,14-15H,4-5H2,1-3H3/t14-,15-/m0/s1. The van der Waals surface area contributed by atoms with Gasteiger partial charge in [0.05, 0.1) is 29.6 Å². The Kier molecular flexibility index (Phi) is 5.74. The number of allylic oxidation sites excluding steroid dienone is 1. The number of rotatable bonds is 6. The molecule has 1 aliphatic heterocycles. The Morgan fingerprint density at radius 3 is 2.52 bits per heavy atom. The summed E-state index contributed by atoms with van der Waals surface area (Å²) >= 11 is 0. The molecule has 0 fully saturated rings. The molecular formula is C17H19NO7. The van der Waals surface area contributed by atoms with E-state index in [1.54, 1.807) is 26.8 Å². The van der Waals surface area contributed by atoms with Crippen LogP contribution in [-0.4, -0.2) is 36.2 Å². The fourth-order valence-corrected chi connectivity index (χ4v) is 2.75. The van der Waals surface area contributed by atoms with E-state index < -0.39 is 28.9 Å². The summed E-state index contributed by atoms with van der Waals surface area (Å²) in [4.78, 5) is 35.1. The SMILES string of the molecule is CCOC(=O)C1=C(C)O[C@H](C(=O)OCC)[C@H]1c1cccc([N+](=O)[O-])c1. The largest absolute Gasteiger partial charge is 0.482 e. The minimum absolute atomic E-state index is 0.145. The van der Waals surface area contributed by atoms with Gasteiger partial charge in [0.1, 0.15) is 5.76 Å². The van der Waals surface area contributed by atoms with Crippen LogP contribution < -0.4 is 0 Å². The average molecular weight is 349 g/mol. The van der Waals surface area contributed by atoms with Crippen LogP contribution in [0.15, 0.2) is 35.6 Å². The summed E-state index contributed by atoms with van der Waals surface area (Å²) in [5.74, 6) is -1.85. The van der Waals surface area contributed by atoms with Crippen molar-refractivity contribution in [3.63, 3.8) is 0 Å². The lowest BCUT2D eigenvalue weighted by Gasteiger charge is -2.19. The first-order valence-electron chi connectivity index (χ1n) is 7.86. The van der Waals surface area contributed by atoms with Gasteiger partial charge in [0.15, 0.2) is 0 Å². The van der Waals surface area contributed by atoms with Gasteiger partial charge in [0.2, 0.25) is 6.10 Å². The summed E-state index contributed by atoms with van der Waals surface area (Å²) in [5, 5.41) is 11.0. The lowest BCUT2D eigenvalue weighted by atomic mass is 9.87. The number of nitrogens with zero attached hydrogens (tertiary/aromatic N) is 1. The summed E-state index contributed by atoms with van der Waals surface area (Å²) in [7, 11) is 0. The maximum absolute atomic E-state index is 12.3. The monoisotopic (exact) mass is 349 g/mol. The van der Waals surface area contributed by atoms with E-state index in [4.69, 9.17) is 14.2 Å². The van der Waals surface area contributed by atoms with Crippen LogP contribution in [0.2, 0.25) is 0 Å². The van der Waals surface area contributed by atoms with E-state index in [0.29, 0.717) is 5.56 Å². The number of ether oxygens (including phenoxy) is 3. The summed E-state index contributed by atoms with van der Waals surface area (Å²) in [6, 6.07) is 5.74. The minimum atomic E-state index is -1.10. The van der Waals surface area contributed by atoms with Gasteiger partial charge in [-0.25, -0.2) is 9.59 Å². The number of nitro benzene ring substituents is 1. The fraction of sp³-hybridized carbons (Fsp3) is 0.412. The lowest BCUT2D eigenvalue weighted by Crippen LogP contribution is -2.30. The number of hydrogen-bond donors (Lipinski definition) is 0. The molecule has 25 heavy (non-hydrogen) atoms. The van der Waals surface area contributed by atoms with Crippen molar-refractivity contribution in [2.24, 2.45) is 0 Å². The van der Waals surface area contributed by atoms with Crippen LogP contribution in [0.4, 0.5) is 5.69 Å². The Labute approximate surface area is 144 Å². The number of benzene rings is 1. The molecule has 0 saturated carbocycles. The first-order chi connectivity index (χ1) is 11.9. The molecule has 2 atom stereocenters. The van der Waals surface area contributed by atoms with E-state index >= 15 is 0 Å². The van der Waals surface area contributed by atoms with Gasteiger partial charge < -0.3 is 14.2 Å². The highest BCUT2D eigenvalue weighted by atomic mass is 16.6. The second kappa shape index (κ2) is 7.78. The molecule has 134 valence electrons. The second-order valence-corrected chi connectivity index (χ2v) is 5.31. The van der Waals surface area contributed by atoms with Gasteiger partial charge >= 0.3 is 11.9 Å². The molecule has 0 aromatic heterocycles. The molecule has 0 amide bonds. The van der Waals surface area contributed by atoms with E-state index in [-0.39, 0.29) is 30.2 Å². The van der Waals surface area contributed by atoms with Crippen LogP contribution in [0, 0.1) is 10.1 Å². The predicted octanol–water partition coefficient (Wildman–Crippen LogP) is 2.48. The topological polar surface area (TPSA) is 105 Å². The van der Waals surface area contributed by atoms with Crippen molar-refractivity contribution < 1.29 is 28.7 Å². The normalized spacial score (nSPS) is 19.3. The molecule has 0 unspecified atom stereocenters. The highest BCUT2D eigenvalue weighted by Crippen LogP contribution is 2.41. The molecule has 1 aromatic rings. The van der Waals surface area contributed by atoms with Gasteiger partial charge in [-0.3, -0.25) is 10.1 Å². The third-order valence-corrected chi connectivity index (χ3v) is 3.75. The van der Waals surface area contributed by atoms with Gasteiger partial charge in [-0.15, -0.1) is 0 Å². The van der Waals surface area contributed by atoms with Gasteiger partial charge in [0, 0.05) is 12.1 Å². The molecule has 1 aromatic carbocycles. The maximum Gasteiger partial charge on any atom is 0.348 e. The van der Waals surface area contributed by atoms with Crippen molar-refractivity contribution in [1.82, 2.24) is 0 Å². The van der Waals surface area contributed by atoms with E-state index in [0.717, 1.165) is 0 Å². The molecular weight excluding hydrogens is 330 g/mol. The average Bonchev–Trinajstić information content (AvgIpc) is 2.93. The predicted molar refractivity (Wildman–Crippen MR) is 86.7 cm³/mol. The Hall–Kier alpha value is -2.90. The van der Waals surface area contributed by atoms with Crippen LogP contribution in [0.1, 0.15) is 32.3 Å². The van der Waals surface area contributed by atoms with Crippen molar-refractivity contribution in [3.05, 3.63) is 51.3 Å². The van der Waals surface area contributed by atoms with Gasteiger partial charge in [-0.05, 0) is 26.3 Å². The van der Waals surface area contributed by atoms with Gasteiger partial charge in [0.25, 0.3) is 5.69 Å². The Balaban J connectivity index is 2.50. The minimum Gasteiger partial charge on any atom is -0.482 e. The number of hydrogen-bond acceptors (Lipinski definition) is 7. The molecule has 0 radical (unpaired) electrons. The zero-order chi connectivity index (χ0) is 18.6. The van der Waals surface area contributed by atoms with Crippen LogP contribution in [-0.2, 0) is 23.8 Å². The molecule has 1 heterocycles. The zero-order valence-electron chi connectivity index (χ0n) is 14.2. The molecule has 0 N–H and O–H groups in total. The van der Waals surface area contributed by atoms with Crippen LogP contribution >= 0.6 is 0 Å². The summed E-state index contributed by atoms with van der Waals surface area (Å²) < 4.78 is 15.6. The van der Waals surface area contributed by atoms with Crippen LogP contribution in [0.5, 0.6) is 0 Å². The molecule has 2 rings (SSSR count). The number of non-ortho nitro benzene ring substituents is 1. The highest BCUT2D eigenvalue weighted by molar-refractivity contribution is 5.94. The Morgan fingerprint density at radius 1 is 1.24 bits per heavy atom. The quantitative estimate of drug-likeness (QED) is 0.441. The molecule has 0 spiro atoms. The fourth-order valence-electron chi connectivity index (χ4n) is 2.75. The van der Waals surface area contributed by atoms with Crippen molar-refractivity contribution in [3.8, 4) is 0 Å². The maximum atomic E-state index is 12.3. The number of nitro groups is 1. The van der Waals surface area contributed by atoms with Crippen molar-refractivity contribution in [1.29, 1.82) is 0 Å². The summed E-state index contributed by atoms with van der Waals surface area (Å²) in [6.45, 7) is 5.17. The van der Waals surface area contributed by atoms with E-state index in [2.05, 4.69) is 0 Å². The number of esters is 2. The molecule has 8 heteroatoms. The van der Waals surface area contributed by atoms with Crippen molar-refractivity contribution in [2.45, 2.75) is 32.8 Å². The van der Waals surface area contributed by atoms with Crippen molar-refractivity contribution >= 4 is 17.6 Å². The molecule has 8 nitrogen and oxygen atoms in total. The zero-order valence-corrected chi connectivity index (χ0v) is 14.2. The Morgan fingerprint density at radius 2 is 1.92 bits per heavy atom. The number of carbonyl (C=O) groups is 2. The molecule has 0 saturated heterocycles. The lowest BCUT2D eigenvalue weighted by molar-refractivity contribution is -0.384. The second-order valence-electron chi connectivity index (χ2n) is 5.31. The first-order valence-corrected chi connectivity index (χ1v) is 7.86. The van der Waals surface area contributed by atoms with E-state index in [9.17, 15) is 19.7 Å². The third kappa shape index (κ3) is 3.78. The molecule has 0 bridgehead atoms. The van der Waals surface area contributed by atoms with Crippen LogP contribution in [0.25, 0.3) is 0 Å². The third-order valence-electron chi connectivity index (χ3n) is 3.75. The number of carbonyl (C=O) groups excluding carboxylic acids is 2. The van der Waals surface area contributed by atoms with Crippen LogP contribution in [0.3, 0.4) is 0 Å². The van der Waals surface area contributed by atoms with Gasteiger partial charge in [-0.2, -0.15) is 0 Å². The first kappa shape index (κ1) is 18.4. The van der Waals surface area contributed by atoms with Crippen molar-refractivity contribution in [2.75, 3.05) is 13.2 Å². The Bertz CT molecular complexity index is 725. The summed E-state index contributed by atoms with van der Waals surface area (Å²) in [5.41, 5.74) is 0.431. The highest BCUT2D eigenvalue weighted by Gasteiger charge is 2.45. The van der Waals surface area contributed by atoms with E-state index in [1.165, 1.54) is 18.2 Å².